The highest BCUT2D eigenvalue weighted by molar-refractivity contribution is 5.17. The molecule has 0 aromatic carbocycles. The van der Waals surface area contributed by atoms with Crippen LogP contribution in [0.5, 0.6) is 0 Å². The number of allylic oxidation sites excluding steroid dienone is 4. The van der Waals surface area contributed by atoms with E-state index in [-0.39, 0.29) is 0 Å². The van der Waals surface area contributed by atoms with Gasteiger partial charge >= 0.3 is 0 Å². The Labute approximate surface area is 120 Å². The molecule has 2 N–H and O–H groups in total. The first-order valence-electron chi connectivity index (χ1n) is 8.43. The highest BCUT2D eigenvalue weighted by Crippen LogP contribution is 2.30. The lowest BCUT2D eigenvalue weighted by Crippen LogP contribution is -2.04. The van der Waals surface area contributed by atoms with Crippen molar-refractivity contribution in [1.82, 2.24) is 0 Å². The van der Waals surface area contributed by atoms with Crippen molar-refractivity contribution in [3.8, 4) is 0 Å². The van der Waals surface area contributed by atoms with Gasteiger partial charge in [0, 0.05) is 0 Å². The fourth-order valence-corrected chi connectivity index (χ4v) is 2.95. The summed E-state index contributed by atoms with van der Waals surface area (Å²) in [5, 5.41) is 0. The normalized spacial score (nSPS) is 16.5. The van der Waals surface area contributed by atoms with Gasteiger partial charge in [0.2, 0.25) is 0 Å². The highest BCUT2D eigenvalue weighted by Gasteiger charge is 2.11. The van der Waals surface area contributed by atoms with Crippen molar-refractivity contribution in [2.45, 2.75) is 84.0 Å². The van der Waals surface area contributed by atoms with Crippen LogP contribution in [0.1, 0.15) is 84.0 Å². The minimum atomic E-state index is 0.841. The topological polar surface area (TPSA) is 26.0 Å². The van der Waals surface area contributed by atoms with Crippen LogP contribution in [0.2, 0.25) is 0 Å². The number of hydrogen-bond donors (Lipinski definition) is 1. The van der Waals surface area contributed by atoms with E-state index in [1.54, 1.807) is 11.1 Å². The molecule has 0 aliphatic heterocycles. The number of nitrogens with two attached hydrogens (primary N) is 1. The first-order valence-corrected chi connectivity index (χ1v) is 8.43. The summed E-state index contributed by atoms with van der Waals surface area (Å²) in [7, 11) is 0. The molecule has 110 valence electrons. The summed E-state index contributed by atoms with van der Waals surface area (Å²) in [6.07, 6.45) is 20.6. The lowest BCUT2D eigenvalue weighted by Gasteiger charge is -2.20. The molecular formula is C18H33N. The van der Waals surface area contributed by atoms with E-state index in [0.717, 1.165) is 6.54 Å². The maximum Gasteiger partial charge on any atom is -0.00742 e. The van der Waals surface area contributed by atoms with Crippen LogP contribution in [0.3, 0.4) is 0 Å². The van der Waals surface area contributed by atoms with Gasteiger partial charge in [-0.05, 0) is 70.8 Å². The minimum absolute atomic E-state index is 0.841. The third-order valence-corrected chi connectivity index (χ3v) is 4.14. The Morgan fingerprint density at radius 2 is 1.58 bits per heavy atom. The van der Waals surface area contributed by atoms with Crippen LogP contribution >= 0.6 is 0 Å². The minimum Gasteiger partial charge on any atom is -0.330 e. The molecule has 1 aliphatic rings. The second kappa shape index (κ2) is 11.3. The molecule has 0 spiro atoms. The van der Waals surface area contributed by atoms with Gasteiger partial charge in [-0.2, -0.15) is 0 Å². The largest absolute Gasteiger partial charge is 0.330 e. The highest BCUT2D eigenvalue weighted by atomic mass is 14.5. The molecular weight excluding hydrogens is 230 g/mol. The maximum absolute atomic E-state index is 5.64. The SMILES string of the molecule is CCCCC/C=C\CCC1=C(CCCN)CCCC1. The van der Waals surface area contributed by atoms with E-state index < -0.39 is 0 Å². The molecule has 19 heavy (non-hydrogen) atoms. The molecule has 0 unspecified atom stereocenters. The van der Waals surface area contributed by atoms with Crippen molar-refractivity contribution in [1.29, 1.82) is 0 Å². The molecule has 0 atom stereocenters. The van der Waals surface area contributed by atoms with E-state index >= 15 is 0 Å². The zero-order chi connectivity index (χ0) is 13.8. The molecule has 1 heteroatoms. The summed E-state index contributed by atoms with van der Waals surface area (Å²) in [4.78, 5) is 0. The standard InChI is InChI=1S/C18H33N/c1-2-3-4-5-6-7-8-12-17-13-9-10-14-18(17)15-11-16-19/h6-7H,2-5,8-16,19H2,1H3/b7-6-. The second-order valence-electron chi connectivity index (χ2n) is 5.81. The molecule has 0 aromatic heterocycles. The molecule has 1 nitrogen and oxygen atoms in total. The van der Waals surface area contributed by atoms with Crippen molar-refractivity contribution < 1.29 is 0 Å². The van der Waals surface area contributed by atoms with Crippen molar-refractivity contribution in [3.63, 3.8) is 0 Å². The fourth-order valence-electron chi connectivity index (χ4n) is 2.95. The number of unbranched alkanes of at least 4 members (excludes halogenated alkanes) is 3. The van der Waals surface area contributed by atoms with E-state index in [0.29, 0.717) is 0 Å². The fraction of sp³-hybridized carbons (Fsp3) is 0.778. The van der Waals surface area contributed by atoms with E-state index in [4.69, 9.17) is 5.73 Å². The van der Waals surface area contributed by atoms with Gasteiger partial charge in [-0.3, -0.25) is 0 Å². The van der Waals surface area contributed by atoms with Crippen LogP contribution < -0.4 is 5.73 Å². The lowest BCUT2D eigenvalue weighted by molar-refractivity contribution is 0.617. The number of hydrogen-bond acceptors (Lipinski definition) is 1. The Morgan fingerprint density at radius 3 is 2.26 bits per heavy atom. The van der Waals surface area contributed by atoms with Crippen molar-refractivity contribution in [3.05, 3.63) is 23.3 Å². The van der Waals surface area contributed by atoms with Crippen LogP contribution in [-0.4, -0.2) is 6.54 Å². The average Bonchev–Trinajstić information content (AvgIpc) is 2.45. The summed E-state index contributed by atoms with van der Waals surface area (Å²) in [5.41, 5.74) is 9.15. The van der Waals surface area contributed by atoms with Crippen molar-refractivity contribution >= 4 is 0 Å². The first-order chi connectivity index (χ1) is 9.38. The Balaban J connectivity index is 2.25. The van der Waals surface area contributed by atoms with Gasteiger partial charge in [0.1, 0.15) is 0 Å². The van der Waals surface area contributed by atoms with E-state index in [9.17, 15) is 0 Å². The molecule has 0 bridgehead atoms. The maximum atomic E-state index is 5.64. The van der Waals surface area contributed by atoms with Gasteiger partial charge in [0.05, 0.1) is 0 Å². The van der Waals surface area contributed by atoms with Crippen LogP contribution in [0.25, 0.3) is 0 Å². The quantitative estimate of drug-likeness (QED) is 0.408. The molecule has 0 amide bonds. The smallest absolute Gasteiger partial charge is 0.00742 e. The Bertz CT molecular complexity index is 275. The van der Waals surface area contributed by atoms with Crippen LogP contribution in [-0.2, 0) is 0 Å². The van der Waals surface area contributed by atoms with Crippen LogP contribution in [0.15, 0.2) is 23.3 Å². The molecule has 0 radical (unpaired) electrons. The van der Waals surface area contributed by atoms with Crippen molar-refractivity contribution in [2.75, 3.05) is 6.54 Å². The predicted molar refractivity (Wildman–Crippen MR) is 86.3 cm³/mol. The second-order valence-corrected chi connectivity index (χ2v) is 5.81. The summed E-state index contributed by atoms with van der Waals surface area (Å²) < 4.78 is 0. The van der Waals surface area contributed by atoms with Crippen LogP contribution in [0, 0.1) is 0 Å². The summed E-state index contributed by atoms with van der Waals surface area (Å²) in [5.74, 6) is 0. The van der Waals surface area contributed by atoms with Crippen LogP contribution in [0.4, 0.5) is 0 Å². The zero-order valence-corrected chi connectivity index (χ0v) is 12.9. The van der Waals surface area contributed by atoms with Gasteiger partial charge in [-0.15, -0.1) is 0 Å². The summed E-state index contributed by atoms with van der Waals surface area (Å²) >= 11 is 0. The predicted octanol–water partition coefficient (Wildman–Crippen LogP) is 5.51. The molecule has 0 heterocycles. The molecule has 1 rings (SSSR count). The summed E-state index contributed by atoms with van der Waals surface area (Å²) in [6.45, 7) is 3.11. The van der Waals surface area contributed by atoms with Gasteiger partial charge in [-0.25, -0.2) is 0 Å². The average molecular weight is 263 g/mol. The van der Waals surface area contributed by atoms with E-state index in [1.807, 2.05) is 0 Å². The van der Waals surface area contributed by atoms with Gasteiger partial charge in [-0.1, -0.05) is 43.1 Å². The Morgan fingerprint density at radius 1 is 0.895 bits per heavy atom. The molecule has 0 saturated carbocycles. The molecule has 0 aromatic rings. The van der Waals surface area contributed by atoms with Crippen molar-refractivity contribution in [2.24, 2.45) is 5.73 Å². The van der Waals surface area contributed by atoms with Gasteiger partial charge < -0.3 is 5.73 Å². The third kappa shape index (κ3) is 7.57. The lowest BCUT2D eigenvalue weighted by atomic mass is 9.87. The molecule has 1 aliphatic carbocycles. The monoisotopic (exact) mass is 263 g/mol. The van der Waals surface area contributed by atoms with Gasteiger partial charge in [0.15, 0.2) is 0 Å². The summed E-state index contributed by atoms with van der Waals surface area (Å²) in [6, 6.07) is 0. The molecule has 0 saturated heterocycles. The van der Waals surface area contributed by atoms with E-state index in [1.165, 1.54) is 77.0 Å². The zero-order valence-electron chi connectivity index (χ0n) is 12.9. The Hall–Kier alpha value is -0.560. The van der Waals surface area contributed by atoms with Gasteiger partial charge in [0.25, 0.3) is 0 Å². The number of rotatable bonds is 10. The van der Waals surface area contributed by atoms with E-state index in [2.05, 4.69) is 19.1 Å². The molecule has 0 fully saturated rings. The first kappa shape index (κ1) is 16.5. The third-order valence-electron chi connectivity index (χ3n) is 4.14. The Kier molecular flexibility index (Phi) is 9.79.